The predicted octanol–water partition coefficient (Wildman–Crippen LogP) is 14.3. The number of hydrogen-bond acceptors (Lipinski definition) is 2. The van der Waals surface area contributed by atoms with Crippen LogP contribution in [-0.4, -0.2) is 12.1 Å². The predicted molar refractivity (Wildman–Crippen MR) is 211 cm³/mol. The summed E-state index contributed by atoms with van der Waals surface area (Å²) < 4.78 is 6.13. The highest BCUT2D eigenvalue weighted by molar-refractivity contribution is 5.69. The molecular formula is C47H78O2. The molecule has 0 radical (unpaired) electrons. The molecule has 0 aromatic heterocycles. The molecule has 0 bridgehead atoms. The topological polar surface area (TPSA) is 26.3 Å². The summed E-state index contributed by atoms with van der Waals surface area (Å²) in [5.41, 5.74) is 4.12. The fourth-order valence-corrected chi connectivity index (χ4v) is 11.4. The van der Waals surface area contributed by atoms with Crippen LogP contribution < -0.4 is 0 Å². The number of rotatable bonds is 20. The van der Waals surface area contributed by atoms with Crippen molar-refractivity contribution >= 4 is 5.97 Å². The third-order valence-electron chi connectivity index (χ3n) is 14.4. The van der Waals surface area contributed by atoms with E-state index in [1.165, 1.54) is 103 Å². The first kappa shape index (κ1) is 40.2. The molecule has 0 aliphatic heterocycles. The highest BCUT2D eigenvalue weighted by atomic mass is 16.5. The van der Waals surface area contributed by atoms with E-state index in [-0.39, 0.29) is 12.1 Å². The first-order valence-corrected chi connectivity index (χ1v) is 21.5. The van der Waals surface area contributed by atoms with E-state index in [1.54, 1.807) is 11.1 Å². The molecule has 0 N–H and O–H groups in total. The Hall–Kier alpha value is -1.57. The lowest BCUT2D eigenvalue weighted by molar-refractivity contribution is -0.151. The van der Waals surface area contributed by atoms with Gasteiger partial charge < -0.3 is 4.74 Å². The van der Waals surface area contributed by atoms with E-state index in [0.29, 0.717) is 23.2 Å². The van der Waals surface area contributed by atoms with Crippen LogP contribution in [-0.2, 0) is 9.53 Å². The molecule has 4 aliphatic rings. The van der Waals surface area contributed by atoms with E-state index in [4.69, 9.17) is 4.74 Å². The van der Waals surface area contributed by atoms with Crippen molar-refractivity contribution in [2.75, 3.05) is 0 Å². The minimum Gasteiger partial charge on any atom is -0.462 e. The number of esters is 1. The lowest BCUT2D eigenvalue weighted by Crippen LogP contribution is -2.51. The standard InChI is InChI=1S/C47H78O2/c1-8-10-11-12-13-14-15-16-17-18-19-20-21-22-23-24-45(48)49-40-31-33-46(6)39(35-40)27-28-41-43-30-29-42(47(43,7)34-32-44(41)46)37(5)25-26-38(9-2)36(3)4/h9,13-14,16-17,27,36-37,40-44H,8,10-12,15,18-26,28-35H2,1-7H3/b14-13-,17-16-,38-9-/t37-,40+,41+,42-,43+,44+,46+,47-/m1/s1. The molecule has 0 heterocycles. The van der Waals surface area contributed by atoms with Crippen LogP contribution in [0.15, 0.2) is 47.6 Å². The van der Waals surface area contributed by atoms with Crippen molar-refractivity contribution in [2.24, 2.45) is 46.3 Å². The van der Waals surface area contributed by atoms with Crippen LogP contribution in [0.25, 0.3) is 0 Å². The first-order valence-electron chi connectivity index (χ1n) is 21.5. The van der Waals surface area contributed by atoms with E-state index in [0.717, 1.165) is 61.7 Å². The van der Waals surface area contributed by atoms with Gasteiger partial charge in [-0.3, -0.25) is 4.79 Å². The van der Waals surface area contributed by atoms with Gasteiger partial charge >= 0.3 is 5.97 Å². The monoisotopic (exact) mass is 675 g/mol. The Morgan fingerprint density at radius 1 is 0.857 bits per heavy atom. The zero-order chi connectivity index (χ0) is 35.3. The average Bonchev–Trinajstić information content (AvgIpc) is 3.44. The molecule has 2 heteroatoms. The molecule has 3 fully saturated rings. The minimum atomic E-state index is 0.0445. The van der Waals surface area contributed by atoms with Gasteiger partial charge in [-0.15, -0.1) is 0 Å². The quantitative estimate of drug-likeness (QED) is 0.0730. The zero-order valence-corrected chi connectivity index (χ0v) is 33.4. The van der Waals surface area contributed by atoms with Crippen LogP contribution in [0.2, 0.25) is 0 Å². The molecule has 0 spiro atoms. The van der Waals surface area contributed by atoms with E-state index in [1.807, 2.05) is 0 Å². The van der Waals surface area contributed by atoms with Gasteiger partial charge in [-0.25, -0.2) is 0 Å². The summed E-state index contributed by atoms with van der Waals surface area (Å²) in [6.07, 6.45) is 41.2. The van der Waals surface area contributed by atoms with Gasteiger partial charge in [-0.05, 0) is 150 Å². The SMILES string of the molecule is C/C=C(/CC[C@@H](C)[C@H]1CC[C@H]2[C@@H]3CC=C4C[C@@H](OC(=O)CCCCCCC/C=C\C/C=C\CCCCC)CC[C@]4(C)[C@H]3CC[C@]12C)C(C)C. The van der Waals surface area contributed by atoms with E-state index in [2.05, 4.69) is 84.9 Å². The first-order chi connectivity index (χ1) is 23.6. The maximum atomic E-state index is 12.8. The molecule has 0 unspecified atom stereocenters. The Balaban J connectivity index is 1.15. The molecule has 49 heavy (non-hydrogen) atoms. The van der Waals surface area contributed by atoms with Gasteiger partial charge in [0.25, 0.3) is 0 Å². The second-order valence-corrected chi connectivity index (χ2v) is 17.9. The second kappa shape index (κ2) is 19.9. The number of carbonyl (C=O) groups excluding carboxylic acids is 1. The molecule has 8 atom stereocenters. The molecular weight excluding hydrogens is 597 g/mol. The van der Waals surface area contributed by atoms with Crippen molar-refractivity contribution in [1.82, 2.24) is 0 Å². The summed E-state index contributed by atoms with van der Waals surface area (Å²) in [6, 6.07) is 0. The number of allylic oxidation sites excluding steroid dienone is 7. The van der Waals surface area contributed by atoms with Gasteiger partial charge in [-0.1, -0.05) is 121 Å². The summed E-state index contributed by atoms with van der Waals surface area (Å²) in [5, 5.41) is 0. The van der Waals surface area contributed by atoms with Crippen molar-refractivity contribution in [3.63, 3.8) is 0 Å². The van der Waals surface area contributed by atoms with Crippen LogP contribution in [0.1, 0.15) is 190 Å². The fraction of sp³-hybridized carbons (Fsp3) is 0.809. The largest absolute Gasteiger partial charge is 0.462 e. The summed E-state index contributed by atoms with van der Waals surface area (Å²) in [4.78, 5) is 12.8. The highest BCUT2D eigenvalue weighted by Gasteiger charge is 2.59. The lowest BCUT2D eigenvalue weighted by atomic mass is 9.47. The molecule has 3 saturated carbocycles. The Morgan fingerprint density at radius 3 is 2.29 bits per heavy atom. The highest BCUT2D eigenvalue weighted by Crippen LogP contribution is 2.67. The minimum absolute atomic E-state index is 0.0445. The molecule has 0 amide bonds. The number of unbranched alkanes of at least 4 members (excludes halogenated alkanes) is 8. The summed E-state index contributed by atoms with van der Waals surface area (Å²) >= 11 is 0. The average molecular weight is 675 g/mol. The molecule has 2 nitrogen and oxygen atoms in total. The normalized spacial score (nSPS) is 32.3. The third-order valence-corrected chi connectivity index (χ3v) is 14.4. The maximum Gasteiger partial charge on any atom is 0.306 e. The van der Waals surface area contributed by atoms with Crippen LogP contribution in [0.3, 0.4) is 0 Å². The zero-order valence-electron chi connectivity index (χ0n) is 33.4. The Kier molecular flexibility index (Phi) is 16.3. The number of hydrogen-bond donors (Lipinski definition) is 0. The van der Waals surface area contributed by atoms with Crippen molar-refractivity contribution < 1.29 is 9.53 Å². The van der Waals surface area contributed by atoms with Crippen molar-refractivity contribution in [1.29, 1.82) is 0 Å². The number of ether oxygens (including phenoxy) is 1. The maximum absolute atomic E-state index is 12.8. The second-order valence-electron chi connectivity index (χ2n) is 17.9. The summed E-state index contributed by atoms with van der Waals surface area (Å²) in [5.74, 6) is 4.99. The van der Waals surface area contributed by atoms with E-state index >= 15 is 0 Å². The van der Waals surface area contributed by atoms with E-state index in [9.17, 15) is 4.79 Å². The molecule has 4 aliphatic carbocycles. The molecule has 278 valence electrons. The molecule has 4 rings (SSSR count). The summed E-state index contributed by atoms with van der Waals surface area (Å²) in [7, 11) is 0. The molecule has 0 aromatic rings. The van der Waals surface area contributed by atoms with Gasteiger partial charge in [0.15, 0.2) is 0 Å². The Bertz CT molecular complexity index is 1120. The van der Waals surface area contributed by atoms with Crippen molar-refractivity contribution in [3.8, 4) is 0 Å². The number of carbonyl (C=O) groups is 1. The van der Waals surface area contributed by atoms with Gasteiger partial charge in [-0.2, -0.15) is 0 Å². The van der Waals surface area contributed by atoms with Gasteiger partial charge in [0.05, 0.1) is 0 Å². The Labute approximate surface area is 304 Å². The number of fused-ring (bicyclic) bond motifs is 5. The van der Waals surface area contributed by atoms with Gasteiger partial charge in [0.2, 0.25) is 0 Å². The van der Waals surface area contributed by atoms with E-state index < -0.39 is 0 Å². The van der Waals surface area contributed by atoms with Gasteiger partial charge in [0.1, 0.15) is 6.10 Å². The van der Waals surface area contributed by atoms with Crippen molar-refractivity contribution in [3.05, 3.63) is 47.6 Å². The third kappa shape index (κ3) is 10.7. The smallest absolute Gasteiger partial charge is 0.306 e. The van der Waals surface area contributed by atoms with Crippen LogP contribution in [0.4, 0.5) is 0 Å². The van der Waals surface area contributed by atoms with Crippen LogP contribution in [0, 0.1) is 46.3 Å². The fourth-order valence-electron chi connectivity index (χ4n) is 11.4. The van der Waals surface area contributed by atoms with Crippen LogP contribution >= 0.6 is 0 Å². The van der Waals surface area contributed by atoms with Gasteiger partial charge in [0, 0.05) is 12.8 Å². The van der Waals surface area contributed by atoms with Crippen LogP contribution in [0.5, 0.6) is 0 Å². The summed E-state index contributed by atoms with van der Waals surface area (Å²) in [6.45, 7) is 17.1. The van der Waals surface area contributed by atoms with Crippen molar-refractivity contribution in [2.45, 2.75) is 196 Å². The molecule has 0 aromatic carbocycles. The Morgan fingerprint density at radius 2 is 1.57 bits per heavy atom. The molecule has 0 saturated heterocycles. The lowest BCUT2D eigenvalue weighted by Gasteiger charge is -2.58.